The van der Waals surface area contributed by atoms with Crippen molar-refractivity contribution in [3.05, 3.63) is 45.1 Å². The van der Waals surface area contributed by atoms with Gasteiger partial charge in [-0.25, -0.2) is 0 Å². The van der Waals surface area contributed by atoms with Crippen molar-refractivity contribution in [2.75, 3.05) is 11.5 Å². The number of hydrogen-bond acceptors (Lipinski definition) is 5. The molecule has 0 saturated carbocycles. The molecule has 0 aliphatic heterocycles. The molecule has 0 aliphatic rings. The molecule has 0 atom stereocenters. The number of para-hydroxylation sites is 1. The summed E-state index contributed by atoms with van der Waals surface area (Å²) in [5.41, 5.74) is 14.7. The molecule has 104 valence electrons. The van der Waals surface area contributed by atoms with Crippen molar-refractivity contribution in [1.29, 1.82) is 10.5 Å². The van der Waals surface area contributed by atoms with E-state index in [1.54, 1.807) is 4.57 Å². The number of pyridine rings is 1. The van der Waals surface area contributed by atoms with Crippen molar-refractivity contribution < 1.29 is 0 Å². The van der Waals surface area contributed by atoms with Crippen LogP contribution in [0.5, 0.6) is 0 Å². The predicted octanol–water partition coefficient (Wildman–Crippen LogP) is 2.73. The average molecular weight is 295 g/mol. The minimum Gasteiger partial charge on any atom is -0.396 e. The van der Waals surface area contributed by atoms with E-state index in [2.05, 4.69) is 0 Å². The van der Waals surface area contributed by atoms with Gasteiger partial charge in [0, 0.05) is 0 Å². The molecule has 1 heterocycles. The Balaban J connectivity index is 3.06. The molecule has 5 nitrogen and oxygen atoms in total. The first kappa shape index (κ1) is 14.6. The molecule has 2 aromatic rings. The highest BCUT2D eigenvalue weighted by atomic mass is 32.1. The molecule has 21 heavy (non-hydrogen) atoms. The Labute approximate surface area is 127 Å². The lowest BCUT2D eigenvalue weighted by atomic mass is 10.1. The van der Waals surface area contributed by atoms with Gasteiger partial charge in [-0.15, -0.1) is 0 Å². The molecule has 2 rings (SSSR count). The third-order valence-corrected chi connectivity index (χ3v) is 3.73. The fraction of sp³-hybridized carbons (Fsp3) is 0.133. The Morgan fingerprint density at radius 1 is 1.05 bits per heavy atom. The fourth-order valence-corrected chi connectivity index (χ4v) is 2.66. The molecule has 0 aliphatic carbocycles. The van der Waals surface area contributed by atoms with Crippen LogP contribution in [0.1, 0.15) is 22.3 Å². The van der Waals surface area contributed by atoms with E-state index in [1.165, 1.54) is 0 Å². The molecule has 0 fully saturated rings. The standard InChI is InChI=1S/C15H13N5S/c1-8-4-3-5-9(2)13(8)20-14(19)10(6-16)12(18)11(7-17)15(20)21/h3-5H,18-19H2,1-2H3. The van der Waals surface area contributed by atoms with Crippen molar-refractivity contribution in [2.24, 2.45) is 0 Å². The fourth-order valence-electron chi connectivity index (χ4n) is 2.32. The topological polar surface area (TPSA) is 105 Å². The molecule has 0 spiro atoms. The van der Waals surface area contributed by atoms with Gasteiger partial charge in [-0.3, -0.25) is 4.57 Å². The Kier molecular flexibility index (Phi) is 3.66. The summed E-state index contributed by atoms with van der Waals surface area (Å²) in [5, 5.41) is 18.5. The van der Waals surface area contributed by atoms with Gasteiger partial charge in [0.1, 0.15) is 33.7 Å². The van der Waals surface area contributed by atoms with Crippen molar-refractivity contribution in [3.8, 4) is 17.8 Å². The summed E-state index contributed by atoms with van der Waals surface area (Å²) in [7, 11) is 0. The van der Waals surface area contributed by atoms with Crippen molar-refractivity contribution in [2.45, 2.75) is 13.8 Å². The molecule has 0 saturated heterocycles. The highest BCUT2D eigenvalue weighted by molar-refractivity contribution is 7.71. The number of anilines is 2. The summed E-state index contributed by atoms with van der Waals surface area (Å²) in [4.78, 5) is 0. The van der Waals surface area contributed by atoms with E-state index in [-0.39, 0.29) is 27.3 Å². The molecular weight excluding hydrogens is 282 g/mol. The van der Waals surface area contributed by atoms with E-state index >= 15 is 0 Å². The van der Waals surface area contributed by atoms with Gasteiger partial charge >= 0.3 is 0 Å². The molecule has 0 bridgehead atoms. The summed E-state index contributed by atoms with van der Waals surface area (Å²) in [6.07, 6.45) is 0. The molecule has 1 aromatic heterocycles. The minimum absolute atomic E-state index is 0.0324. The van der Waals surface area contributed by atoms with Gasteiger partial charge in [-0.05, 0) is 25.0 Å². The monoisotopic (exact) mass is 295 g/mol. The van der Waals surface area contributed by atoms with E-state index < -0.39 is 0 Å². The molecule has 0 radical (unpaired) electrons. The molecular formula is C15H13N5S. The van der Waals surface area contributed by atoms with Gasteiger partial charge in [0.2, 0.25) is 0 Å². The van der Waals surface area contributed by atoms with Crippen molar-refractivity contribution in [3.63, 3.8) is 0 Å². The average Bonchev–Trinajstić information content (AvgIpc) is 2.43. The third kappa shape index (κ3) is 2.12. The lowest BCUT2D eigenvalue weighted by Gasteiger charge is -2.19. The summed E-state index contributed by atoms with van der Waals surface area (Å²) in [6, 6.07) is 9.65. The Morgan fingerprint density at radius 3 is 2.05 bits per heavy atom. The lowest BCUT2D eigenvalue weighted by Crippen LogP contribution is -2.14. The van der Waals surface area contributed by atoms with E-state index in [4.69, 9.17) is 23.7 Å². The maximum absolute atomic E-state index is 9.26. The highest BCUT2D eigenvalue weighted by Gasteiger charge is 2.18. The van der Waals surface area contributed by atoms with Gasteiger partial charge in [0.05, 0.1) is 11.4 Å². The predicted molar refractivity (Wildman–Crippen MR) is 84.3 cm³/mol. The number of benzene rings is 1. The zero-order valence-electron chi connectivity index (χ0n) is 11.6. The van der Waals surface area contributed by atoms with Crippen LogP contribution in [0.2, 0.25) is 0 Å². The summed E-state index contributed by atoms with van der Waals surface area (Å²) >= 11 is 5.35. The van der Waals surface area contributed by atoms with Crippen LogP contribution >= 0.6 is 12.2 Å². The molecule has 0 amide bonds. The van der Waals surface area contributed by atoms with Crippen LogP contribution in [0.25, 0.3) is 5.69 Å². The van der Waals surface area contributed by atoms with E-state index in [0.29, 0.717) is 0 Å². The third-order valence-electron chi connectivity index (χ3n) is 3.34. The minimum atomic E-state index is 0.0324. The van der Waals surface area contributed by atoms with Gasteiger partial charge in [0.15, 0.2) is 0 Å². The first-order valence-corrected chi connectivity index (χ1v) is 6.55. The SMILES string of the molecule is Cc1cccc(C)c1-n1c(N)c(C#N)c(N)c(C#N)c1=S. The first-order valence-electron chi connectivity index (χ1n) is 6.14. The van der Waals surface area contributed by atoms with Crippen LogP contribution in [0.4, 0.5) is 11.5 Å². The Hall–Kier alpha value is -2.83. The smallest absolute Gasteiger partial charge is 0.132 e. The van der Waals surface area contributed by atoms with E-state index in [9.17, 15) is 10.5 Å². The Bertz CT molecular complexity index is 861. The van der Waals surface area contributed by atoms with E-state index in [1.807, 2.05) is 44.2 Å². The quantitative estimate of drug-likeness (QED) is 0.787. The molecule has 6 heteroatoms. The second-order valence-electron chi connectivity index (χ2n) is 4.65. The number of rotatable bonds is 1. The zero-order chi connectivity index (χ0) is 15.7. The molecule has 0 unspecified atom stereocenters. The normalized spacial score (nSPS) is 9.90. The van der Waals surface area contributed by atoms with Gasteiger partial charge in [0.25, 0.3) is 0 Å². The summed E-state index contributed by atoms with van der Waals surface area (Å²) in [6.45, 7) is 3.83. The van der Waals surface area contributed by atoms with Crippen LogP contribution in [0.15, 0.2) is 18.2 Å². The van der Waals surface area contributed by atoms with Crippen LogP contribution < -0.4 is 11.5 Å². The lowest BCUT2D eigenvalue weighted by molar-refractivity contribution is 1.00. The summed E-state index contributed by atoms with van der Waals surface area (Å²) in [5.74, 6) is 0.149. The van der Waals surface area contributed by atoms with Gasteiger partial charge in [-0.1, -0.05) is 30.4 Å². The van der Waals surface area contributed by atoms with Crippen LogP contribution in [0, 0.1) is 41.2 Å². The molecule has 1 aromatic carbocycles. The van der Waals surface area contributed by atoms with Gasteiger partial charge in [-0.2, -0.15) is 10.5 Å². The number of hydrogen-bond donors (Lipinski definition) is 2. The first-order chi connectivity index (χ1) is 9.93. The largest absolute Gasteiger partial charge is 0.396 e. The molecule has 4 N–H and O–H groups in total. The highest BCUT2D eigenvalue weighted by Crippen LogP contribution is 2.30. The zero-order valence-corrected chi connectivity index (χ0v) is 12.5. The van der Waals surface area contributed by atoms with Crippen LogP contribution in [-0.2, 0) is 0 Å². The van der Waals surface area contributed by atoms with Crippen molar-refractivity contribution >= 4 is 23.7 Å². The number of nitrogens with zero attached hydrogens (tertiary/aromatic N) is 3. The second kappa shape index (κ2) is 5.28. The Morgan fingerprint density at radius 2 is 1.57 bits per heavy atom. The van der Waals surface area contributed by atoms with E-state index in [0.717, 1.165) is 16.8 Å². The van der Waals surface area contributed by atoms with Crippen LogP contribution in [-0.4, -0.2) is 4.57 Å². The number of nitriles is 2. The van der Waals surface area contributed by atoms with Gasteiger partial charge < -0.3 is 11.5 Å². The number of nitrogen functional groups attached to an aromatic ring is 2. The maximum Gasteiger partial charge on any atom is 0.132 e. The second-order valence-corrected chi connectivity index (χ2v) is 5.04. The summed E-state index contributed by atoms with van der Waals surface area (Å²) < 4.78 is 1.76. The van der Waals surface area contributed by atoms with Crippen LogP contribution in [0.3, 0.4) is 0 Å². The number of nitrogens with two attached hydrogens (primary N) is 2. The number of aryl methyl sites for hydroxylation is 2. The van der Waals surface area contributed by atoms with Crippen molar-refractivity contribution in [1.82, 2.24) is 4.57 Å². The maximum atomic E-state index is 9.26. The number of aromatic nitrogens is 1.